The summed E-state index contributed by atoms with van der Waals surface area (Å²) in [5, 5.41) is 17.9. The fourth-order valence-electron chi connectivity index (χ4n) is 2.03. The zero-order chi connectivity index (χ0) is 15.4. The molecule has 0 aliphatic rings. The quantitative estimate of drug-likeness (QED) is 0.925. The van der Waals surface area contributed by atoms with Crippen molar-refractivity contribution in [1.29, 1.82) is 5.26 Å². The Balaban J connectivity index is 2.34. The van der Waals surface area contributed by atoms with Crippen molar-refractivity contribution in [2.75, 3.05) is 11.9 Å². The number of amides is 1. The van der Waals surface area contributed by atoms with E-state index in [1.165, 1.54) is 15.7 Å². The number of anilines is 1. The van der Waals surface area contributed by atoms with E-state index < -0.39 is 5.97 Å². The van der Waals surface area contributed by atoms with Crippen LogP contribution in [0, 0.1) is 11.3 Å². The lowest BCUT2D eigenvalue weighted by Crippen LogP contribution is -2.29. The Kier molecular flexibility index (Phi) is 4.05. The highest BCUT2D eigenvalue weighted by atomic mass is 16.4. The van der Waals surface area contributed by atoms with Gasteiger partial charge in [-0.2, -0.15) is 5.26 Å². The molecule has 0 spiro atoms. The molecule has 0 aliphatic heterocycles. The third-order valence-electron chi connectivity index (χ3n) is 3.04. The maximum Gasteiger partial charge on any atom is 0.323 e. The number of aromatic nitrogens is 1. The molecule has 0 atom stereocenters. The summed E-state index contributed by atoms with van der Waals surface area (Å²) in [6, 6.07) is 11.9. The Morgan fingerprint density at radius 3 is 2.67 bits per heavy atom. The predicted molar refractivity (Wildman–Crippen MR) is 76.0 cm³/mol. The lowest BCUT2D eigenvalue weighted by Gasteiger charge is -2.19. The molecule has 0 saturated heterocycles. The SMILES string of the molecule is CN(C(=O)c1cccn1CC(=O)O)c1ccccc1C#N. The van der Waals surface area contributed by atoms with Crippen LogP contribution in [0.1, 0.15) is 16.1 Å². The molecular weight excluding hydrogens is 270 g/mol. The van der Waals surface area contributed by atoms with Crippen LogP contribution in [0.2, 0.25) is 0 Å². The monoisotopic (exact) mass is 283 g/mol. The molecule has 1 aromatic carbocycles. The molecule has 2 rings (SSSR count). The Labute approximate surface area is 121 Å². The summed E-state index contributed by atoms with van der Waals surface area (Å²) in [7, 11) is 1.55. The highest BCUT2D eigenvalue weighted by Crippen LogP contribution is 2.20. The van der Waals surface area contributed by atoms with E-state index in [4.69, 9.17) is 10.4 Å². The lowest BCUT2D eigenvalue weighted by molar-refractivity contribution is -0.137. The molecule has 0 saturated carbocycles. The normalized spacial score (nSPS) is 9.90. The largest absolute Gasteiger partial charge is 0.480 e. The first-order valence-corrected chi connectivity index (χ1v) is 6.18. The Morgan fingerprint density at radius 1 is 1.29 bits per heavy atom. The number of carboxylic acid groups (broad SMARTS) is 1. The van der Waals surface area contributed by atoms with Crippen LogP contribution in [0.3, 0.4) is 0 Å². The molecule has 2 aromatic rings. The lowest BCUT2D eigenvalue weighted by atomic mass is 10.1. The third-order valence-corrected chi connectivity index (χ3v) is 3.04. The minimum Gasteiger partial charge on any atom is -0.480 e. The number of nitrogens with zero attached hydrogens (tertiary/aromatic N) is 3. The van der Waals surface area contributed by atoms with Gasteiger partial charge in [0.1, 0.15) is 18.3 Å². The van der Waals surface area contributed by atoms with Gasteiger partial charge in [-0.15, -0.1) is 0 Å². The van der Waals surface area contributed by atoms with E-state index in [0.29, 0.717) is 11.3 Å². The predicted octanol–water partition coefficient (Wildman–Crippen LogP) is 1.72. The second-order valence-electron chi connectivity index (χ2n) is 4.41. The minimum absolute atomic E-state index is 0.257. The van der Waals surface area contributed by atoms with Gasteiger partial charge in [0.15, 0.2) is 0 Å². The van der Waals surface area contributed by atoms with Gasteiger partial charge in [0.2, 0.25) is 0 Å². The van der Waals surface area contributed by atoms with Crippen LogP contribution in [0.5, 0.6) is 0 Å². The van der Waals surface area contributed by atoms with Crippen LogP contribution >= 0.6 is 0 Å². The number of para-hydroxylation sites is 1. The van der Waals surface area contributed by atoms with Gasteiger partial charge in [-0.05, 0) is 24.3 Å². The van der Waals surface area contributed by atoms with Gasteiger partial charge >= 0.3 is 5.97 Å². The molecule has 106 valence electrons. The molecule has 1 heterocycles. The molecule has 1 amide bonds. The van der Waals surface area contributed by atoms with Gasteiger partial charge in [0.25, 0.3) is 5.91 Å². The molecule has 0 unspecified atom stereocenters. The Morgan fingerprint density at radius 2 is 2.00 bits per heavy atom. The minimum atomic E-state index is -1.03. The fraction of sp³-hybridized carbons (Fsp3) is 0.133. The van der Waals surface area contributed by atoms with Crippen LogP contribution in [0.4, 0.5) is 5.69 Å². The van der Waals surface area contributed by atoms with E-state index in [-0.39, 0.29) is 18.1 Å². The summed E-state index contributed by atoms with van der Waals surface area (Å²) in [5.74, 6) is -1.40. The second kappa shape index (κ2) is 5.92. The van der Waals surface area contributed by atoms with E-state index >= 15 is 0 Å². The topological polar surface area (TPSA) is 86.3 Å². The fourth-order valence-corrected chi connectivity index (χ4v) is 2.03. The molecular formula is C15H13N3O3. The highest BCUT2D eigenvalue weighted by Gasteiger charge is 2.19. The molecule has 0 aliphatic carbocycles. The van der Waals surface area contributed by atoms with Crippen molar-refractivity contribution in [2.45, 2.75) is 6.54 Å². The van der Waals surface area contributed by atoms with Gasteiger partial charge in [0.05, 0.1) is 11.3 Å². The summed E-state index contributed by atoms with van der Waals surface area (Å²) >= 11 is 0. The van der Waals surface area contributed by atoms with Crippen LogP contribution in [-0.4, -0.2) is 28.6 Å². The van der Waals surface area contributed by atoms with Crippen LogP contribution in [-0.2, 0) is 11.3 Å². The van der Waals surface area contributed by atoms with Crippen molar-refractivity contribution in [2.24, 2.45) is 0 Å². The number of carbonyl (C=O) groups excluding carboxylic acids is 1. The summed E-state index contributed by atoms with van der Waals surface area (Å²) < 4.78 is 1.36. The van der Waals surface area contributed by atoms with E-state index in [9.17, 15) is 9.59 Å². The smallest absolute Gasteiger partial charge is 0.323 e. The number of carboxylic acids is 1. The van der Waals surface area contributed by atoms with Gasteiger partial charge < -0.3 is 14.6 Å². The van der Waals surface area contributed by atoms with Gasteiger partial charge in [-0.1, -0.05) is 12.1 Å². The first kappa shape index (κ1) is 14.3. The van der Waals surface area contributed by atoms with Crippen molar-refractivity contribution < 1.29 is 14.7 Å². The highest BCUT2D eigenvalue weighted by molar-refractivity contribution is 6.05. The van der Waals surface area contributed by atoms with Gasteiger partial charge in [-0.25, -0.2) is 0 Å². The second-order valence-corrected chi connectivity index (χ2v) is 4.41. The number of benzene rings is 1. The maximum atomic E-state index is 12.5. The first-order chi connectivity index (χ1) is 10.0. The van der Waals surface area contributed by atoms with Gasteiger partial charge in [0, 0.05) is 13.2 Å². The van der Waals surface area contributed by atoms with Crippen LogP contribution < -0.4 is 4.90 Å². The van der Waals surface area contributed by atoms with Crippen molar-refractivity contribution in [3.8, 4) is 6.07 Å². The molecule has 1 N–H and O–H groups in total. The third kappa shape index (κ3) is 2.92. The zero-order valence-corrected chi connectivity index (χ0v) is 11.4. The maximum absolute atomic E-state index is 12.5. The standard InChI is InChI=1S/C15H13N3O3/c1-17(12-6-3-2-5-11(12)9-16)15(21)13-7-4-8-18(13)10-14(19)20/h2-8H,10H2,1H3,(H,19,20). The summed E-state index contributed by atoms with van der Waals surface area (Å²) in [6.45, 7) is -0.290. The van der Waals surface area contributed by atoms with Crippen molar-refractivity contribution >= 4 is 17.6 Å². The van der Waals surface area contributed by atoms with Crippen LogP contribution in [0.25, 0.3) is 0 Å². The van der Waals surface area contributed by atoms with E-state index in [2.05, 4.69) is 0 Å². The van der Waals surface area contributed by atoms with Gasteiger partial charge in [-0.3, -0.25) is 9.59 Å². The number of hydrogen-bond acceptors (Lipinski definition) is 3. The Hall–Kier alpha value is -3.07. The molecule has 6 nitrogen and oxygen atoms in total. The molecule has 0 fully saturated rings. The molecule has 0 bridgehead atoms. The average Bonchev–Trinajstić information content (AvgIpc) is 2.92. The van der Waals surface area contributed by atoms with Crippen molar-refractivity contribution in [3.05, 3.63) is 53.9 Å². The number of rotatable bonds is 4. The number of aliphatic carboxylic acids is 1. The zero-order valence-electron chi connectivity index (χ0n) is 11.4. The average molecular weight is 283 g/mol. The van der Waals surface area contributed by atoms with Crippen molar-refractivity contribution in [1.82, 2.24) is 4.57 Å². The number of hydrogen-bond donors (Lipinski definition) is 1. The summed E-state index contributed by atoms with van der Waals surface area (Å²) in [4.78, 5) is 24.6. The summed E-state index contributed by atoms with van der Waals surface area (Å²) in [5.41, 5.74) is 1.12. The first-order valence-electron chi connectivity index (χ1n) is 6.18. The molecule has 21 heavy (non-hydrogen) atoms. The number of carbonyl (C=O) groups is 2. The molecule has 0 radical (unpaired) electrons. The van der Waals surface area contributed by atoms with E-state index in [1.54, 1.807) is 43.4 Å². The van der Waals surface area contributed by atoms with E-state index in [1.807, 2.05) is 6.07 Å². The molecule has 6 heteroatoms. The van der Waals surface area contributed by atoms with E-state index in [0.717, 1.165) is 0 Å². The van der Waals surface area contributed by atoms with Crippen molar-refractivity contribution in [3.63, 3.8) is 0 Å². The van der Waals surface area contributed by atoms with Crippen LogP contribution in [0.15, 0.2) is 42.6 Å². The molecule has 1 aromatic heterocycles. The number of nitriles is 1. The summed E-state index contributed by atoms with van der Waals surface area (Å²) in [6.07, 6.45) is 1.53. The Bertz CT molecular complexity index is 728.